The number of benzene rings is 2. The summed E-state index contributed by atoms with van der Waals surface area (Å²) >= 11 is 0. The molecule has 128 valence electrons. The van der Waals surface area contributed by atoms with Crippen LogP contribution in [0.5, 0.6) is 11.5 Å². The van der Waals surface area contributed by atoms with Gasteiger partial charge in [-0.3, -0.25) is 0 Å². The second kappa shape index (κ2) is 6.83. The highest BCUT2D eigenvalue weighted by molar-refractivity contribution is 5.41. The third-order valence-corrected chi connectivity index (χ3v) is 4.21. The lowest BCUT2D eigenvalue weighted by Gasteiger charge is -2.26. The van der Waals surface area contributed by atoms with Crippen LogP contribution in [0, 0.1) is 0 Å². The molecule has 3 rings (SSSR count). The summed E-state index contributed by atoms with van der Waals surface area (Å²) in [6.45, 7) is 7.07. The summed E-state index contributed by atoms with van der Waals surface area (Å²) < 4.78 is 16.2. The SMILES string of the molecule is CC(O)COc1ccc(C(C)(C)c2ccc(OC3CO3)cc2)cc1. The van der Waals surface area contributed by atoms with Gasteiger partial charge >= 0.3 is 0 Å². The number of rotatable bonds is 7. The van der Waals surface area contributed by atoms with E-state index in [4.69, 9.17) is 14.2 Å². The van der Waals surface area contributed by atoms with Gasteiger partial charge in [0.2, 0.25) is 6.29 Å². The van der Waals surface area contributed by atoms with Crippen LogP contribution >= 0.6 is 0 Å². The molecule has 0 saturated carbocycles. The van der Waals surface area contributed by atoms with Gasteiger partial charge in [0.1, 0.15) is 24.7 Å². The molecule has 2 aromatic carbocycles. The standard InChI is InChI=1S/C20H24O4/c1-14(21)12-22-17-8-4-15(5-9-17)20(2,3)16-6-10-18(11-7-16)24-19-13-23-19/h4-11,14,19,21H,12-13H2,1-3H3. The first-order valence-corrected chi connectivity index (χ1v) is 8.25. The molecule has 0 aliphatic carbocycles. The second-order valence-corrected chi connectivity index (χ2v) is 6.71. The van der Waals surface area contributed by atoms with Crippen molar-refractivity contribution in [3.8, 4) is 11.5 Å². The molecule has 2 aromatic rings. The van der Waals surface area contributed by atoms with E-state index in [0.29, 0.717) is 13.2 Å². The van der Waals surface area contributed by atoms with Crippen molar-refractivity contribution < 1.29 is 19.3 Å². The molecule has 4 heteroatoms. The first-order valence-electron chi connectivity index (χ1n) is 8.25. The van der Waals surface area contributed by atoms with Crippen LogP contribution < -0.4 is 9.47 Å². The molecule has 0 spiro atoms. The van der Waals surface area contributed by atoms with E-state index >= 15 is 0 Å². The van der Waals surface area contributed by atoms with Gasteiger partial charge in [0, 0.05) is 5.41 Å². The number of hydrogen-bond donors (Lipinski definition) is 1. The molecule has 0 aromatic heterocycles. The first-order chi connectivity index (χ1) is 11.4. The van der Waals surface area contributed by atoms with Crippen molar-refractivity contribution in [2.75, 3.05) is 13.2 Å². The Labute approximate surface area is 143 Å². The summed E-state index contributed by atoms with van der Waals surface area (Å²) in [5, 5.41) is 9.28. The van der Waals surface area contributed by atoms with Crippen LogP contribution in [0.4, 0.5) is 0 Å². The van der Waals surface area contributed by atoms with E-state index in [1.165, 1.54) is 11.1 Å². The summed E-state index contributed by atoms with van der Waals surface area (Å²) in [4.78, 5) is 0. The number of epoxide rings is 1. The highest BCUT2D eigenvalue weighted by Crippen LogP contribution is 2.33. The van der Waals surface area contributed by atoms with Crippen molar-refractivity contribution in [1.29, 1.82) is 0 Å². The molecule has 1 aliphatic rings. The Morgan fingerprint density at radius 2 is 1.54 bits per heavy atom. The van der Waals surface area contributed by atoms with Crippen molar-refractivity contribution >= 4 is 0 Å². The summed E-state index contributed by atoms with van der Waals surface area (Å²) in [7, 11) is 0. The Bertz CT molecular complexity index is 655. The van der Waals surface area contributed by atoms with Gasteiger partial charge in [-0.2, -0.15) is 0 Å². The van der Waals surface area contributed by atoms with Crippen LogP contribution in [0.1, 0.15) is 31.9 Å². The summed E-state index contributed by atoms with van der Waals surface area (Å²) in [5.74, 6) is 1.60. The van der Waals surface area contributed by atoms with Crippen molar-refractivity contribution in [2.45, 2.75) is 38.6 Å². The van der Waals surface area contributed by atoms with Crippen molar-refractivity contribution in [3.05, 3.63) is 59.7 Å². The minimum Gasteiger partial charge on any atom is -0.491 e. The molecule has 0 radical (unpaired) electrons. The van der Waals surface area contributed by atoms with Gasteiger partial charge in [-0.15, -0.1) is 0 Å². The minimum atomic E-state index is -0.470. The zero-order valence-electron chi connectivity index (χ0n) is 14.4. The van der Waals surface area contributed by atoms with Crippen molar-refractivity contribution in [1.82, 2.24) is 0 Å². The molecule has 0 amide bonds. The molecule has 1 N–H and O–H groups in total. The average molecular weight is 328 g/mol. The van der Waals surface area contributed by atoms with Gasteiger partial charge in [0.15, 0.2) is 0 Å². The van der Waals surface area contributed by atoms with Gasteiger partial charge < -0.3 is 19.3 Å². The topological polar surface area (TPSA) is 51.2 Å². The van der Waals surface area contributed by atoms with E-state index in [9.17, 15) is 5.11 Å². The Kier molecular flexibility index (Phi) is 4.78. The molecule has 1 aliphatic heterocycles. The van der Waals surface area contributed by atoms with Crippen molar-refractivity contribution in [3.63, 3.8) is 0 Å². The van der Waals surface area contributed by atoms with E-state index in [1.807, 2.05) is 24.3 Å². The Morgan fingerprint density at radius 1 is 1.04 bits per heavy atom. The highest BCUT2D eigenvalue weighted by Gasteiger charge is 2.26. The van der Waals surface area contributed by atoms with Crippen LogP contribution in [-0.2, 0) is 10.2 Å². The predicted molar refractivity (Wildman–Crippen MR) is 92.6 cm³/mol. The quantitative estimate of drug-likeness (QED) is 0.790. The monoisotopic (exact) mass is 328 g/mol. The lowest BCUT2D eigenvalue weighted by molar-refractivity contribution is 0.122. The van der Waals surface area contributed by atoms with Crippen LogP contribution in [0.3, 0.4) is 0 Å². The average Bonchev–Trinajstić information content (AvgIpc) is 3.38. The molecule has 1 heterocycles. The van der Waals surface area contributed by atoms with Gasteiger partial charge in [-0.05, 0) is 42.3 Å². The highest BCUT2D eigenvalue weighted by atomic mass is 16.8. The number of ether oxygens (including phenoxy) is 3. The van der Waals surface area contributed by atoms with Crippen LogP contribution in [0.2, 0.25) is 0 Å². The predicted octanol–water partition coefficient (Wildman–Crippen LogP) is 3.51. The summed E-state index contributed by atoms with van der Waals surface area (Å²) in [6, 6.07) is 16.2. The fourth-order valence-electron chi connectivity index (χ4n) is 2.56. The second-order valence-electron chi connectivity index (χ2n) is 6.71. The molecule has 1 fully saturated rings. The third kappa shape index (κ3) is 4.08. The third-order valence-electron chi connectivity index (χ3n) is 4.21. The first kappa shape index (κ1) is 16.8. The zero-order valence-corrected chi connectivity index (χ0v) is 14.4. The van der Waals surface area contributed by atoms with E-state index in [-0.39, 0.29) is 11.7 Å². The molecular formula is C20H24O4. The lowest BCUT2D eigenvalue weighted by Crippen LogP contribution is -2.19. The molecule has 1 saturated heterocycles. The Hall–Kier alpha value is -2.04. The van der Waals surface area contributed by atoms with Crippen LogP contribution in [0.15, 0.2) is 48.5 Å². The molecule has 4 nitrogen and oxygen atoms in total. The van der Waals surface area contributed by atoms with E-state index in [2.05, 4.69) is 38.1 Å². The maximum atomic E-state index is 9.28. The molecular weight excluding hydrogens is 304 g/mol. The van der Waals surface area contributed by atoms with E-state index < -0.39 is 6.10 Å². The van der Waals surface area contributed by atoms with Gasteiger partial charge in [0.25, 0.3) is 0 Å². The van der Waals surface area contributed by atoms with Gasteiger partial charge in [-0.1, -0.05) is 38.1 Å². The zero-order chi connectivity index (χ0) is 17.2. The number of hydrogen-bond acceptors (Lipinski definition) is 4. The molecule has 2 unspecified atom stereocenters. The molecule has 24 heavy (non-hydrogen) atoms. The molecule has 2 atom stereocenters. The van der Waals surface area contributed by atoms with Crippen LogP contribution in [-0.4, -0.2) is 30.7 Å². The minimum absolute atomic E-state index is 0.0713. The number of aliphatic hydroxyl groups excluding tert-OH is 1. The summed E-state index contributed by atoms with van der Waals surface area (Å²) in [6.07, 6.45) is -0.541. The van der Waals surface area contributed by atoms with Crippen LogP contribution in [0.25, 0.3) is 0 Å². The number of aliphatic hydroxyl groups is 1. The van der Waals surface area contributed by atoms with Gasteiger partial charge in [-0.25, -0.2) is 0 Å². The van der Waals surface area contributed by atoms with E-state index in [0.717, 1.165) is 11.5 Å². The van der Waals surface area contributed by atoms with E-state index in [1.54, 1.807) is 6.92 Å². The van der Waals surface area contributed by atoms with Crippen molar-refractivity contribution in [2.24, 2.45) is 0 Å². The fourth-order valence-corrected chi connectivity index (χ4v) is 2.56. The largest absolute Gasteiger partial charge is 0.491 e. The normalized spacial score (nSPS) is 18.1. The fraction of sp³-hybridized carbons (Fsp3) is 0.400. The van der Waals surface area contributed by atoms with Gasteiger partial charge in [0.05, 0.1) is 6.10 Å². The maximum absolute atomic E-state index is 9.28. The smallest absolute Gasteiger partial charge is 0.223 e. The summed E-state index contributed by atoms with van der Waals surface area (Å²) in [5.41, 5.74) is 2.28. The maximum Gasteiger partial charge on any atom is 0.223 e. The molecule has 0 bridgehead atoms. The lowest BCUT2D eigenvalue weighted by atomic mass is 9.78. The Balaban J connectivity index is 1.71. The Morgan fingerprint density at radius 3 is 2.00 bits per heavy atom.